The van der Waals surface area contributed by atoms with Crippen molar-refractivity contribution in [2.24, 2.45) is 0 Å². The predicted octanol–water partition coefficient (Wildman–Crippen LogP) is 5.72. The van der Waals surface area contributed by atoms with Crippen LogP contribution in [0.25, 0.3) is 22.0 Å². The number of carbonyl (C=O) groups excluding carboxylic acids is 3. The Bertz CT molecular complexity index is 2040. The van der Waals surface area contributed by atoms with Gasteiger partial charge in [-0.3, -0.25) is 19.1 Å². The quantitative estimate of drug-likeness (QED) is 0.147. The minimum absolute atomic E-state index is 0.0243. The molecule has 10 heteroatoms. The fourth-order valence-corrected chi connectivity index (χ4v) is 7.17. The number of benzene rings is 4. The van der Waals surface area contributed by atoms with E-state index in [0.717, 1.165) is 44.3 Å². The van der Waals surface area contributed by atoms with Gasteiger partial charge in [-0.05, 0) is 60.7 Å². The summed E-state index contributed by atoms with van der Waals surface area (Å²) in [4.78, 5) is 46.3. The summed E-state index contributed by atoms with van der Waals surface area (Å²) in [7, 11) is -2.35. The minimum atomic E-state index is -3.93. The lowest BCUT2D eigenvalue weighted by atomic mass is 9.98. The van der Waals surface area contributed by atoms with Gasteiger partial charge in [-0.2, -0.15) is 0 Å². The topological polar surface area (TPSA) is 128 Å². The number of hydrogen-bond acceptors (Lipinski definition) is 5. The summed E-state index contributed by atoms with van der Waals surface area (Å²) >= 11 is 0. The molecule has 0 saturated heterocycles. The second kappa shape index (κ2) is 15.3. The highest BCUT2D eigenvalue weighted by molar-refractivity contribution is 7.90. The van der Waals surface area contributed by atoms with Gasteiger partial charge in [-0.15, -0.1) is 0 Å². The summed E-state index contributed by atoms with van der Waals surface area (Å²) in [6, 6.07) is 28.5. The number of sulfonamides is 1. The first-order valence-corrected chi connectivity index (χ1v) is 18.0. The Labute approximate surface area is 287 Å². The lowest BCUT2D eigenvalue weighted by molar-refractivity contribution is -0.130. The van der Waals surface area contributed by atoms with Gasteiger partial charge < -0.3 is 15.2 Å². The Morgan fingerprint density at radius 3 is 2.10 bits per heavy atom. The van der Waals surface area contributed by atoms with Crippen molar-refractivity contribution < 1.29 is 22.8 Å². The standard InChI is InChI=1S/C39H42N4O5S/c1-5-19-49(47,48)42-37(44)35(24-32-25-40-34-14-10-9-13-33(32)34)41-38(45)36(43(4)39(46)31-21-26(2)20-27(3)22-31)23-28-15-17-30(18-16-28)29-11-7-6-8-12-29/h6-18,20-22,25,35-36,40H,5,19,23-24H2,1-4H3,(H,41,45)(H,42,44)/t35-,36-/m0/s1. The van der Waals surface area contributed by atoms with E-state index in [-0.39, 0.29) is 24.5 Å². The molecule has 5 aromatic rings. The van der Waals surface area contributed by atoms with Crippen LogP contribution in [-0.2, 0) is 32.5 Å². The molecule has 1 heterocycles. The monoisotopic (exact) mass is 678 g/mol. The average molecular weight is 679 g/mol. The van der Waals surface area contributed by atoms with Crippen LogP contribution in [0, 0.1) is 13.8 Å². The van der Waals surface area contributed by atoms with Crippen molar-refractivity contribution in [1.29, 1.82) is 0 Å². The van der Waals surface area contributed by atoms with Crippen LogP contribution in [0.4, 0.5) is 0 Å². The van der Waals surface area contributed by atoms with Crippen molar-refractivity contribution >= 4 is 38.6 Å². The summed E-state index contributed by atoms with van der Waals surface area (Å²) in [6.07, 6.45) is 2.25. The Morgan fingerprint density at radius 1 is 0.796 bits per heavy atom. The highest BCUT2D eigenvalue weighted by atomic mass is 32.2. The van der Waals surface area contributed by atoms with E-state index < -0.39 is 33.9 Å². The van der Waals surface area contributed by atoms with Crippen molar-refractivity contribution in [2.45, 2.75) is 52.1 Å². The van der Waals surface area contributed by atoms with Gasteiger partial charge in [0.15, 0.2) is 0 Å². The van der Waals surface area contributed by atoms with E-state index in [1.807, 2.05) is 98.8 Å². The van der Waals surface area contributed by atoms with Gasteiger partial charge in [0.25, 0.3) is 11.8 Å². The molecule has 254 valence electrons. The van der Waals surface area contributed by atoms with Crippen LogP contribution < -0.4 is 10.0 Å². The number of likely N-dealkylation sites (N-methyl/N-ethyl adjacent to an activating group) is 1. The number of amides is 3. The number of H-pyrrole nitrogens is 1. The first kappa shape index (κ1) is 35.1. The van der Waals surface area contributed by atoms with Crippen molar-refractivity contribution in [2.75, 3.05) is 12.8 Å². The van der Waals surface area contributed by atoms with E-state index in [1.165, 1.54) is 4.90 Å². The molecule has 1 aromatic heterocycles. The van der Waals surface area contributed by atoms with Crippen LogP contribution in [0.1, 0.15) is 46.0 Å². The van der Waals surface area contributed by atoms with Crippen LogP contribution in [0.15, 0.2) is 103 Å². The lowest BCUT2D eigenvalue weighted by Crippen LogP contribution is -2.56. The van der Waals surface area contributed by atoms with E-state index in [1.54, 1.807) is 32.3 Å². The van der Waals surface area contributed by atoms with Crippen LogP contribution >= 0.6 is 0 Å². The largest absolute Gasteiger partial charge is 0.361 e. The zero-order valence-corrected chi connectivity index (χ0v) is 29.0. The fraction of sp³-hybridized carbons (Fsp3) is 0.256. The molecule has 3 amide bonds. The van der Waals surface area contributed by atoms with E-state index in [2.05, 4.69) is 15.0 Å². The normalized spacial score (nSPS) is 12.7. The van der Waals surface area contributed by atoms with E-state index in [0.29, 0.717) is 12.0 Å². The summed E-state index contributed by atoms with van der Waals surface area (Å²) in [6.45, 7) is 5.51. The van der Waals surface area contributed by atoms with Gasteiger partial charge in [0.05, 0.1) is 5.75 Å². The first-order valence-electron chi connectivity index (χ1n) is 16.3. The molecule has 9 nitrogen and oxygen atoms in total. The molecule has 0 saturated carbocycles. The molecule has 2 atom stereocenters. The van der Waals surface area contributed by atoms with Gasteiger partial charge in [0, 0.05) is 42.6 Å². The zero-order chi connectivity index (χ0) is 35.1. The Balaban J connectivity index is 1.48. The fourth-order valence-electron chi connectivity index (χ4n) is 6.08. The van der Waals surface area contributed by atoms with Gasteiger partial charge in [-0.1, -0.05) is 96.9 Å². The zero-order valence-electron chi connectivity index (χ0n) is 28.2. The second-order valence-electron chi connectivity index (χ2n) is 12.5. The van der Waals surface area contributed by atoms with Gasteiger partial charge in [-0.25, -0.2) is 8.42 Å². The number of hydrogen-bond donors (Lipinski definition) is 3. The van der Waals surface area contributed by atoms with Gasteiger partial charge in [0.2, 0.25) is 15.9 Å². The maximum absolute atomic E-state index is 14.3. The molecule has 49 heavy (non-hydrogen) atoms. The highest BCUT2D eigenvalue weighted by Gasteiger charge is 2.33. The van der Waals surface area contributed by atoms with Crippen LogP contribution in [-0.4, -0.2) is 60.9 Å². The Hall–Kier alpha value is -5.22. The molecular weight excluding hydrogens is 637 g/mol. The number of aryl methyl sites for hydroxylation is 2. The molecule has 5 rings (SSSR count). The van der Waals surface area contributed by atoms with E-state index >= 15 is 0 Å². The van der Waals surface area contributed by atoms with Crippen molar-refractivity contribution in [3.05, 3.63) is 131 Å². The van der Waals surface area contributed by atoms with Crippen LogP contribution in [0.5, 0.6) is 0 Å². The molecule has 0 fully saturated rings. The number of nitrogens with one attached hydrogen (secondary N) is 3. The summed E-state index contributed by atoms with van der Waals surface area (Å²) < 4.78 is 27.5. The Kier molecular flexibility index (Phi) is 11.0. The number of nitrogens with zero attached hydrogens (tertiary/aromatic N) is 1. The molecule has 0 unspecified atom stereocenters. The average Bonchev–Trinajstić information content (AvgIpc) is 3.48. The Morgan fingerprint density at radius 2 is 1.43 bits per heavy atom. The molecule has 0 bridgehead atoms. The molecule has 3 N–H and O–H groups in total. The maximum Gasteiger partial charge on any atom is 0.256 e. The summed E-state index contributed by atoms with van der Waals surface area (Å²) in [5.41, 5.74) is 6.72. The molecule has 0 aliphatic heterocycles. The molecule has 0 radical (unpaired) electrons. The smallest absolute Gasteiger partial charge is 0.256 e. The number of aromatic amines is 1. The van der Waals surface area contributed by atoms with Crippen molar-refractivity contribution in [3.63, 3.8) is 0 Å². The molecule has 0 aliphatic rings. The third-order valence-electron chi connectivity index (χ3n) is 8.51. The summed E-state index contributed by atoms with van der Waals surface area (Å²) in [5, 5.41) is 3.68. The minimum Gasteiger partial charge on any atom is -0.361 e. The predicted molar refractivity (Wildman–Crippen MR) is 194 cm³/mol. The number of rotatable bonds is 13. The van der Waals surface area contributed by atoms with Gasteiger partial charge in [0.1, 0.15) is 12.1 Å². The second-order valence-corrected chi connectivity index (χ2v) is 14.3. The maximum atomic E-state index is 14.3. The highest BCUT2D eigenvalue weighted by Crippen LogP contribution is 2.23. The van der Waals surface area contributed by atoms with E-state index in [4.69, 9.17) is 0 Å². The van der Waals surface area contributed by atoms with Crippen molar-refractivity contribution in [3.8, 4) is 11.1 Å². The van der Waals surface area contributed by atoms with Gasteiger partial charge >= 0.3 is 0 Å². The number of fused-ring (bicyclic) bond motifs is 1. The number of carbonyl (C=O) groups is 3. The van der Waals surface area contributed by atoms with Crippen molar-refractivity contribution in [1.82, 2.24) is 19.9 Å². The first-order chi connectivity index (χ1) is 23.4. The number of para-hydroxylation sites is 1. The van der Waals surface area contributed by atoms with Crippen LogP contribution in [0.2, 0.25) is 0 Å². The molecule has 0 spiro atoms. The SMILES string of the molecule is CCCS(=O)(=O)NC(=O)[C@H](Cc1c[nH]c2ccccc12)NC(=O)[C@H](Cc1ccc(-c2ccccc2)cc1)N(C)C(=O)c1cc(C)cc(C)c1. The lowest BCUT2D eigenvalue weighted by Gasteiger charge is -2.29. The molecule has 4 aromatic carbocycles. The molecule has 0 aliphatic carbocycles. The van der Waals surface area contributed by atoms with Crippen LogP contribution in [0.3, 0.4) is 0 Å². The summed E-state index contributed by atoms with van der Waals surface area (Å²) in [5.74, 6) is -2.01. The third-order valence-corrected chi connectivity index (χ3v) is 9.97. The van der Waals surface area contributed by atoms with E-state index in [9.17, 15) is 22.8 Å². The third kappa shape index (κ3) is 8.83. The molecular formula is C39H42N4O5S. The number of aromatic nitrogens is 1.